The SMILES string of the molecule is CC=C[P+](C=CC)(C=CC)CCI. The third kappa shape index (κ3) is 4.97. The van der Waals surface area contributed by atoms with Crippen molar-refractivity contribution in [2.75, 3.05) is 10.6 Å². The van der Waals surface area contributed by atoms with E-state index >= 15 is 0 Å². The summed E-state index contributed by atoms with van der Waals surface area (Å²) < 4.78 is 1.23. The summed E-state index contributed by atoms with van der Waals surface area (Å²) in [5.41, 5.74) is 0. The molecule has 2 heteroatoms. The van der Waals surface area contributed by atoms with Gasteiger partial charge in [-0.05, 0) is 20.8 Å². The second-order valence-electron chi connectivity index (χ2n) is 2.85. The average molecular weight is 309 g/mol. The number of rotatable bonds is 5. The smallest absolute Gasteiger partial charge is 0.0824 e. The van der Waals surface area contributed by atoms with E-state index in [-0.39, 0.29) is 0 Å². The lowest BCUT2D eigenvalue weighted by Gasteiger charge is -2.13. The predicted octanol–water partition coefficient (Wildman–Crippen LogP) is 5.04. The zero-order valence-corrected chi connectivity index (χ0v) is 11.8. The first-order chi connectivity index (χ1) is 6.24. The van der Waals surface area contributed by atoms with Gasteiger partial charge in [0.1, 0.15) is 0 Å². The summed E-state index contributed by atoms with van der Waals surface area (Å²) in [4.78, 5) is 0. The molecule has 0 radical (unpaired) electrons. The fourth-order valence-electron chi connectivity index (χ4n) is 1.35. The van der Waals surface area contributed by atoms with E-state index in [1.165, 1.54) is 10.6 Å². The Morgan fingerprint density at radius 1 is 0.923 bits per heavy atom. The fraction of sp³-hybridized carbons (Fsp3) is 0.455. The first kappa shape index (κ1) is 13.4. The molecule has 0 aromatic rings. The lowest BCUT2D eigenvalue weighted by Crippen LogP contribution is -1.90. The molecule has 0 saturated carbocycles. The molecule has 0 saturated heterocycles. The standard InChI is InChI=1S/C11H19IP/c1-4-8-13(9-5-2,10-6-3)11-7-12/h4-6,8-10H,7,11H2,1-3H3/q+1. The minimum atomic E-state index is -1.05. The van der Waals surface area contributed by atoms with E-state index in [1.54, 1.807) is 0 Å². The van der Waals surface area contributed by atoms with E-state index in [0.29, 0.717) is 0 Å². The summed E-state index contributed by atoms with van der Waals surface area (Å²) in [6, 6.07) is 0. The summed E-state index contributed by atoms with van der Waals surface area (Å²) in [5.74, 6) is 7.14. The van der Waals surface area contributed by atoms with Gasteiger partial charge in [0.25, 0.3) is 0 Å². The molecule has 0 rings (SSSR count). The molecule has 0 aliphatic rings. The minimum Gasteiger partial charge on any atom is -0.0824 e. The molecule has 0 aliphatic heterocycles. The van der Waals surface area contributed by atoms with Gasteiger partial charge in [-0.2, -0.15) is 0 Å². The summed E-state index contributed by atoms with van der Waals surface area (Å²) in [6.07, 6.45) is 7.83. The van der Waals surface area contributed by atoms with Gasteiger partial charge in [0.15, 0.2) is 0 Å². The normalized spacial score (nSPS) is 17.5. The lowest BCUT2D eigenvalue weighted by atomic mass is 10.8. The van der Waals surface area contributed by atoms with Gasteiger partial charge < -0.3 is 0 Å². The lowest BCUT2D eigenvalue weighted by molar-refractivity contribution is 1.55. The average Bonchev–Trinajstić information content (AvgIpc) is 2.06. The van der Waals surface area contributed by atoms with Crippen molar-refractivity contribution in [3.63, 3.8) is 0 Å². The van der Waals surface area contributed by atoms with Gasteiger partial charge in [0, 0.05) is 4.43 Å². The highest BCUT2D eigenvalue weighted by atomic mass is 127. The van der Waals surface area contributed by atoms with Crippen LogP contribution in [0.15, 0.2) is 35.7 Å². The zero-order chi connectivity index (χ0) is 10.2. The van der Waals surface area contributed by atoms with Crippen LogP contribution in [0, 0.1) is 0 Å². The minimum absolute atomic E-state index is 1.05. The highest BCUT2D eigenvalue weighted by Crippen LogP contribution is 2.63. The Balaban J connectivity index is 4.79. The second kappa shape index (κ2) is 7.75. The quantitative estimate of drug-likeness (QED) is 0.379. The Morgan fingerprint density at radius 2 is 1.31 bits per heavy atom. The molecule has 0 heterocycles. The molecule has 0 amide bonds. The van der Waals surface area contributed by atoms with Crippen molar-refractivity contribution in [1.82, 2.24) is 0 Å². The van der Waals surface area contributed by atoms with E-state index < -0.39 is 7.26 Å². The molecule has 0 N–H and O–H groups in total. The molecule has 0 bridgehead atoms. The highest BCUT2D eigenvalue weighted by molar-refractivity contribution is 14.1. The van der Waals surface area contributed by atoms with Gasteiger partial charge in [0.2, 0.25) is 0 Å². The van der Waals surface area contributed by atoms with Crippen molar-refractivity contribution < 1.29 is 0 Å². The molecule has 74 valence electrons. The maximum atomic E-state index is 2.46. The summed E-state index contributed by atoms with van der Waals surface area (Å²) in [6.45, 7) is 6.32. The monoisotopic (exact) mass is 309 g/mol. The van der Waals surface area contributed by atoms with E-state index in [9.17, 15) is 0 Å². The molecule has 0 aliphatic carbocycles. The predicted molar refractivity (Wildman–Crippen MR) is 75.1 cm³/mol. The number of alkyl halides is 1. The van der Waals surface area contributed by atoms with Crippen molar-refractivity contribution in [2.45, 2.75) is 20.8 Å². The second-order valence-corrected chi connectivity index (χ2v) is 7.27. The molecule has 0 atom stereocenters. The summed E-state index contributed by atoms with van der Waals surface area (Å²) >= 11 is 2.46. The Morgan fingerprint density at radius 3 is 1.54 bits per heavy atom. The zero-order valence-electron chi connectivity index (χ0n) is 8.70. The fourth-order valence-corrected chi connectivity index (χ4v) is 6.56. The number of allylic oxidation sites excluding steroid dienone is 3. The van der Waals surface area contributed by atoms with Crippen LogP contribution >= 0.6 is 29.9 Å². The Hall–Kier alpha value is 0.380. The van der Waals surface area contributed by atoms with Gasteiger partial charge >= 0.3 is 0 Å². The van der Waals surface area contributed by atoms with E-state index in [0.717, 1.165) is 0 Å². The summed E-state index contributed by atoms with van der Waals surface area (Å²) in [7, 11) is -1.05. The van der Waals surface area contributed by atoms with Crippen molar-refractivity contribution in [2.24, 2.45) is 0 Å². The third-order valence-corrected chi connectivity index (χ3v) is 6.70. The molecule has 0 aromatic heterocycles. The maximum absolute atomic E-state index is 2.46. The molecule has 0 nitrogen and oxygen atoms in total. The topological polar surface area (TPSA) is 0 Å². The number of halogens is 1. The van der Waals surface area contributed by atoms with Gasteiger partial charge in [-0.1, -0.05) is 40.8 Å². The maximum Gasteiger partial charge on any atom is 0.0889 e. The van der Waals surface area contributed by atoms with Crippen molar-refractivity contribution in [1.29, 1.82) is 0 Å². The van der Waals surface area contributed by atoms with Gasteiger partial charge in [-0.3, -0.25) is 0 Å². The first-order valence-corrected chi connectivity index (χ1v) is 8.30. The third-order valence-electron chi connectivity index (χ3n) is 1.75. The molecular formula is C11H19IP+. The van der Waals surface area contributed by atoms with Crippen LogP contribution in [0.2, 0.25) is 0 Å². The Labute approximate surface area is 96.7 Å². The molecule has 0 spiro atoms. The van der Waals surface area contributed by atoms with Gasteiger partial charge in [0.05, 0.1) is 30.9 Å². The first-order valence-electron chi connectivity index (χ1n) is 4.59. The van der Waals surface area contributed by atoms with Crippen LogP contribution in [0.3, 0.4) is 0 Å². The van der Waals surface area contributed by atoms with Gasteiger partial charge in [-0.15, -0.1) is 0 Å². The van der Waals surface area contributed by atoms with Crippen LogP contribution in [-0.2, 0) is 0 Å². The van der Waals surface area contributed by atoms with Crippen LogP contribution in [0.5, 0.6) is 0 Å². The molecule has 13 heavy (non-hydrogen) atoms. The van der Waals surface area contributed by atoms with Crippen LogP contribution < -0.4 is 0 Å². The Bertz CT molecular complexity index is 173. The van der Waals surface area contributed by atoms with Crippen molar-refractivity contribution >= 4 is 29.9 Å². The van der Waals surface area contributed by atoms with Gasteiger partial charge in [-0.25, -0.2) is 0 Å². The summed E-state index contributed by atoms with van der Waals surface area (Å²) in [5, 5.41) is 0. The number of hydrogen-bond acceptors (Lipinski definition) is 0. The van der Waals surface area contributed by atoms with Crippen LogP contribution in [0.1, 0.15) is 20.8 Å². The Kier molecular flexibility index (Phi) is 7.98. The largest absolute Gasteiger partial charge is 0.0889 e. The van der Waals surface area contributed by atoms with E-state index in [4.69, 9.17) is 0 Å². The van der Waals surface area contributed by atoms with Crippen molar-refractivity contribution in [3.05, 3.63) is 35.7 Å². The van der Waals surface area contributed by atoms with Crippen LogP contribution in [0.4, 0.5) is 0 Å². The van der Waals surface area contributed by atoms with E-state index in [2.05, 4.69) is 79.0 Å². The van der Waals surface area contributed by atoms with Crippen molar-refractivity contribution in [3.8, 4) is 0 Å². The van der Waals surface area contributed by atoms with E-state index in [1.807, 2.05) is 0 Å². The molecule has 0 unspecified atom stereocenters. The van der Waals surface area contributed by atoms with Crippen LogP contribution in [0.25, 0.3) is 0 Å². The highest BCUT2D eigenvalue weighted by Gasteiger charge is 2.26. The van der Waals surface area contributed by atoms with Crippen LogP contribution in [-0.4, -0.2) is 10.6 Å². The molecule has 0 fully saturated rings. The number of hydrogen-bond donors (Lipinski definition) is 0. The molecule has 0 aromatic carbocycles. The molecular weight excluding hydrogens is 290 g/mol.